The lowest BCUT2D eigenvalue weighted by Crippen LogP contribution is -2.10. The van der Waals surface area contributed by atoms with Gasteiger partial charge in [-0.3, -0.25) is 9.13 Å². The number of para-hydroxylation sites is 4. The van der Waals surface area contributed by atoms with Crippen LogP contribution >= 0.6 is 0 Å². The average Bonchev–Trinajstić information content (AvgIpc) is 1.54. The molecule has 5 aromatic heterocycles. The Morgan fingerprint density at radius 2 is 0.527 bits per heavy atom. The standard InChI is InChI=1S/C51H29N5.C47H27N3.C40H24N2/c1-3-20-36-30(14-1)31-15-2-4-21-37(31)48-41-29-28-39(38-22-13-23-40(46(38)41)47(36)48)49-52-50(55-42-24-9-5-16-32(42)33-17-6-10-25-43(33)55)54-51(53-49)56-44-26-11-7-18-34(44)35-19-8-12-27-45(35)56;1-2-6-29-24-43-42(23-28(29)5-1)41-18-17-40(45-39-8-4-3-7-36(39)25-44(43)46(41)45)37-15-13-32-19-30(9-11-34(32)21-37)31-10-12-35-22-38(16-14-33(35)20-31)47-49-26-48-27-50-47;1-2-9-25(10-3-1)26-17-18-29-27(23-26)12-8-16-33(29)37-21-22-41-40(42-37)35-20-19-34-31-14-6-7-15-32(31)36-24-28-11-4-5-13-30(28)38(35)39(34)36/h1-29H;1-27H;1-24H. The number of aromatic nitrogens is 10. The van der Waals surface area contributed by atoms with E-state index in [1.807, 2.05) is 12.3 Å². The molecular weight excluding hydrogens is 1800 g/mol. The van der Waals surface area contributed by atoms with Crippen LogP contribution in [0.1, 0.15) is 0 Å². The van der Waals surface area contributed by atoms with Crippen LogP contribution in [0, 0.1) is 0 Å². The number of fused-ring (bicyclic) bond motifs is 28. The van der Waals surface area contributed by atoms with Crippen molar-refractivity contribution in [1.82, 2.24) is 49.0 Å². The van der Waals surface area contributed by atoms with Crippen LogP contribution in [0.15, 0.2) is 486 Å². The van der Waals surface area contributed by atoms with E-state index in [1.165, 1.54) is 221 Å². The molecular formula is C138H80N10. The summed E-state index contributed by atoms with van der Waals surface area (Å²) < 4.78 is 4.39. The van der Waals surface area contributed by atoms with Gasteiger partial charge < -0.3 is 0 Å². The van der Waals surface area contributed by atoms with E-state index >= 15 is 0 Å². The van der Waals surface area contributed by atoms with E-state index in [0.29, 0.717) is 23.5 Å². The van der Waals surface area contributed by atoms with Crippen molar-refractivity contribution in [2.24, 2.45) is 0 Å². The van der Waals surface area contributed by atoms with Gasteiger partial charge in [-0.15, -0.1) is 0 Å². The minimum atomic E-state index is 0.577. The van der Waals surface area contributed by atoms with Gasteiger partial charge in [0.15, 0.2) is 17.5 Å². The molecule has 0 N–H and O–H groups in total. The van der Waals surface area contributed by atoms with Crippen molar-refractivity contribution < 1.29 is 0 Å². The summed E-state index contributed by atoms with van der Waals surface area (Å²) in [5.74, 6) is 3.21. The fraction of sp³-hybridized carbons (Fsp3) is 0. The maximum atomic E-state index is 5.42. The molecule has 10 nitrogen and oxygen atoms in total. The monoisotopic (exact) mass is 1880 g/mol. The molecule has 0 atom stereocenters. The van der Waals surface area contributed by atoms with Crippen LogP contribution < -0.4 is 0 Å². The summed E-state index contributed by atoms with van der Waals surface area (Å²) >= 11 is 0. The quantitative estimate of drug-likeness (QED) is 0.131. The fourth-order valence-corrected chi connectivity index (χ4v) is 24.6. The molecule has 0 amide bonds. The lowest BCUT2D eigenvalue weighted by Gasteiger charge is -2.14. The third-order valence-electron chi connectivity index (χ3n) is 31.1. The summed E-state index contributed by atoms with van der Waals surface area (Å²) in [6.45, 7) is 0. The van der Waals surface area contributed by atoms with Gasteiger partial charge in [-0.05, 0) is 310 Å². The number of rotatable bonds is 9. The van der Waals surface area contributed by atoms with Gasteiger partial charge >= 0.3 is 0 Å². The van der Waals surface area contributed by atoms with Gasteiger partial charge in [0.25, 0.3) is 0 Å². The van der Waals surface area contributed by atoms with E-state index in [4.69, 9.17) is 24.9 Å². The summed E-state index contributed by atoms with van der Waals surface area (Å²) in [4.78, 5) is 38.8. The van der Waals surface area contributed by atoms with Gasteiger partial charge in [-0.25, -0.2) is 24.9 Å². The maximum absolute atomic E-state index is 5.42. The minimum absolute atomic E-state index is 0.577. The summed E-state index contributed by atoms with van der Waals surface area (Å²) in [6.07, 6.45) is 4.97. The van der Waals surface area contributed by atoms with Gasteiger partial charge in [-0.2, -0.15) is 15.0 Å². The van der Waals surface area contributed by atoms with Crippen LogP contribution in [0.3, 0.4) is 0 Å². The second kappa shape index (κ2) is 32.8. The van der Waals surface area contributed by atoms with Crippen molar-refractivity contribution in [3.8, 4) is 157 Å². The average molecular weight is 1880 g/mol. The third kappa shape index (κ3) is 12.8. The zero-order valence-corrected chi connectivity index (χ0v) is 79.7. The van der Waals surface area contributed by atoms with Gasteiger partial charge in [0, 0.05) is 55.4 Å². The highest BCUT2D eigenvalue weighted by molar-refractivity contribution is 6.33. The summed E-state index contributed by atoms with van der Waals surface area (Å²) in [6, 6.07) is 169. The summed E-state index contributed by atoms with van der Waals surface area (Å²) in [5, 5.41) is 32.1. The molecule has 25 aromatic carbocycles. The Balaban J connectivity index is 0.000000101. The molecule has 3 aliphatic carbocycles. The zero-order chi connectivity index (χ0) is 96.9. The normalized spacial score (nSPS) is 12.1. The van der Waals surface area contributed by atoms with Crippen LogP contribution in [0.2, 0.25) is 0 Å². The molecule has 0 radical (unpaired) electrons. The van der Waals surface area contributed by atoms with Crippen LogP contribution in [-0.4, -0.2) is 49.0 Å². The lowest BCUT2D eigenvalue weighted by molar-refractivity contribution is 0.893. The van der Waals surface area contributed by atoms with Crippen LogP contribution in [-0.2, 0) is 0 Å². The highest BCUT2D eigenvalue weighted by atomic mass is 15.3. The minimum Gasteiger partial charge on any atom is -0.278 e. The Hall–Kier alpha value is -19.9. The van der Waals surface area contributed by atoms with Gasteiger partial charge in [0.2, 0.25) is 11.9 Å². The second-order valence-electron chi connectivity index (χ2n) is 39.0. The lowest BCUT2D eigenvalue weighted by atomic mass is 9.89. The smallest absolute Gasteiger partial charge is 0.240 e. The first-order valence-corrected chi connectivity index (χ1v) is 50.4. The first kappa shape index (κ1) is 82.8. The van der Waals surface area contributed by atoms with Crippen molar-refractivity contribution in [2.75, 3.05) is 0 Å². The van der Waals surface area contributed by atoms with E-state index in [-0.39, 0.29) is 0 Å². The molecule has 0 bridgehead atoms. The number of nitrogens with zero attached hydrogens (tertiary/aromatic N) is 10. The van der Waals surface area contributed by atoms with E-state index in [1.54, 1.807) is 0 Å². The van der Waals surface area contributed by atoms with Crippen molar-refractivity contribution >= 4 is 162 Å². The largest absolute Gasteiger partial charge is 0.278 e. The van der Waals surface area contributed by atoms with Gasteiger partial charge in [0.1, 0.15) is 12.7 Å². The molecule has 0 aliphatic heterocycles. The SMILES string of the molecule is c1cc2c3c(ccc(-c4nc(-n5c6ccccc6c6ccccc65)nc(-n5c6ccccc6c6ccccc65)n4)c3c1)-c1c-2c2ccccc2c2ccccc12.c1ccc(-c2ccc3c(-c4ccnc(-c5ccc6c7c(cc8ccccc8c57)-c5ccccc5-6)n4)cccc3c2)cc1.c1ccc2cc3c(cc2c1)-c1ccc(-c2ccc4cc(-c5ccc6cc(-c7ncncn7)ccc6c5)ccc4c2)c2c1c-3cc1ccccc12. The Labute approximate surface area is 848 Å². The molecule has 148 heavy (non-hydrogen) atoms. The van der Waals surface area contributed by atoms with Crippen LogP contribution in [0.5, 0.6) is 0 Å². The molecule has 0 saturated carbocycles. The van der Waals surface area contributed by atoms with Crippen molar-refractivity contribution in [3.63, 3.8) is 0 Å². The topological polar surface area (TPSA) is 113 Å². The van der Waals surface area contributed by atoms with E-state index < -0.39 is 0 Å². The molecule has 0 saturated heterocycles. The molecule has 5 heterocycles. The molecule has 0 spiro atoms. The van der Waals surface area contributed by atoms with E-state index in [0.717, 1.165) is 88.2 Å². The molecule has 682 valence electrons. The van der Waals surface area contributed by atoms with Crippen molar-refractivity contribution in [2.45, 2.75) is 0 Å². The van der Waals surface area contributed by atoms with Gasteiger partial charge in [-0.1, -0.05) is 370 Å². The first-order chi connectivity index (χ1) is 73.4. The second-order valence-corrected chi connectivity index (χ2v) is 39.0. The van der Waals surface area contributed by atoms with Crippen molar-refractivity contribution in [3.05, 3.63) is 486 Å². The first-order valence-electron chi connectivity index (χ1n) is 50.4. The molecule has 3 aliphatic rings. The highest BCUT2D eigenvalue weighted by Crippen LogP contribution is 2.58. The molecule has 10 heteroatoms. The predicted molar refractivity (Wildman–Crippen MR) is 614 cm³/mol. The summed E-state index contributed by atoms with van der Waals surface area (Å²) in [7, 11) is 0. The van der Waals surface area contributed by atoms with Crippen LogP contribution in [0.25, 0.3) is 320 Å². The third-order valence-corrected chi connectivity index (χ3v) is 31.1. The molecule has 0 unspecified atom stereocenters. The van der Waals surface area contributed by atoms with Gasteiger partial charge in [0.05, 0.1) is 27.8 Å². The van der Waals surface area contributed by atoms with Crippen molar-refractivity contribution in [1.29, 1.82) is 0 Å². The predicted octanol–water partition coefficient (Wildman–Crippen LogP) is 35.7. The van der Waals surface area contributed by atoms with E-state index in [2.05, 4.69) is 485 Å². The maximum Gasteiger partial charge on any atom is 0.240 e. The number of hydrogen-bond acceptors (Lipinski definition) is 8. The highest BCUT2D eigenvalue weighted by Gasteiger charge is 2.33. The summed E-state index contributed by atoms with van der Waals surface area (Å²) in [5.41, 5.74) is 32.1. The number of hydrogen-bond donors (Lipinski definition) is 0. The zero-order valence-electron chi connectivity index (χ0n) is 79.7. The molecule has 33 rings (SSSR count). The Bertz CT molecular complexity index is 10700. The van der Waals surface area contributed by atoms with E-state index in [9.17, 15) is 0 Å². The Morgan fingerprint density at radius 3 is 1.12 bits per heavy atom. The Kier molecular flexibility index (Phi) is 18.3. The molecule has 0 fully saturated rings. The Morgan fingerprint density at radius 1 is 0.155 bits per heavy atom. The number of benzene rings is 25. The van der Waals surface area contributed by atoms with Crippen LogP contribution in [0.4, 0.5) is 0 Å². The molecule has 30 aromatic rings. The fourth-order valence-electron chi connectivity index (χ4n) is 24.6.